The second-order valence-corrected chi connectivity index (χ2v) is 6.86. The number of carbonyl (C=O) groups excluding carboxylic acids is 1. The molecule has 0 bridgehead atoms. The maximum atomic E-state index is 12.7. The number of carbonyl (C=O) groups is 1. The third-order valence-corrected chi connectivity index (χ3v) is 5.20. The van der Waals surface area contributed by atoms with E-state index in [1.54, 1.807) is 7.11 Å². The van der Waals surface area contributed by atoms with Crippen molar-refractivity contribution in [1.82, 2.24) is 15.1 Å². The van der Waals surface area contributed by atoms with Gasteiger partial charge in [-0.25, -0.2) is 0 Å². The summed E-state index contributed by atoms with van der Waals surface area (Å²) in [5, 5.41) is 8.78. The standard InChI is InChI=1S/C20H25N5O3/c1-27-17-4-2-16(3-5-17)20(26)25-10-8-23(9-11-25)18-6-7-19(22-21-18)24-12-14-28-15-13-24/h2-7H,8-15H2,1H3. The predicted molar refractivity (Wildman–Crippen MR) is 106 cm³/mol. The summed E-state index contributed by atoms with van der Waals surface area (Å²) < 4.78 is 10.5. The number of benzene rings is 1. The van der Waals surface area contributed by atoms with Crippen LogP contribution in [0.25, 0.3) is 0 Å². The van der Waals surface area contributed by atoms with Crippen LogP contribution < -0.4 is 14.5 Å². The first kappa shape index (κ1) is 18.5. The molecule has 0 saturated carbocycles. The Morgan fingerprint density at radius 1 is 0.857 bits per heavy atom. The van der Waals surface area contributed by atoms with Crippen LogP contribution in [0, 0.1) is 0 Å². The fourth-order valence-electron chi connectivity index (χ4n) is 3.50. The number of ether oxygens (including phenoxy) is 2. The van der Waals surface area contributed by atoms with E-state index >= 15 is 0 Å². The molecule has 2 aromatic rings. The summed E-state index contributed by atoms with van der Waals surface area (Å²) in [5.74, 6) is 2.55. The molecule has 0 radical (unpaired) electrons. The summed E-state index contributed by atoms with van der Waals surface area (Å²) >= 11 is 0. The number of nitrogens with zero attached hydrogens (tertiary/aromatic N) is 5. The largest absolute Gasteiger partial charge is 0.497 e. The van der Waals surface area contributed by atoms with Crippen molar-refractivity contribution < 1.29 is 14.3 Å². The van der Waals surface area contributed by atoms with Crippen LogP contribution in [-0.4, -0.2) is 80.6 Å². The number of methoxy groups -OCH3 is 1. The van der Waals surface area contributed by atoms with Gasteiger partial charge in [0.05, 0.1) is 20.3 Å². The van der Waals surface area contributed by atoms with Gasteiger partial charge >= 0.3 is 0 Å². The zero-order chi connectivity index (χ0) is 19.3. The number of hydrogen-bond acceptors (Lipinski definition) is 7. The monoisotopic (exact) mass is 383 g/mol. The molecule has 148 valence electrons. The van der Waals surface area contributed by atoms with Gasteiger partial charge in [0.25, 0.3) is 5.91 Å². The number of morpholine rings is 1. The van der Waals surface area contributed by atoms with Crippen molar-refractivity contribution in [2.45, 2.75) is 0 Å². The summed E-state index contributed by atoms with van der Waals surface area (Å²) in [6.45, 7) is 5.97. The lowest BCUT2D eigenvalue weighted by Crippen LogP contribution is -2.49. The molecule has 1 amide bonds. The first-order chi connectivity index (χ1) is 13.7. The van der Waals surface area contributed by atoms with Crippen molar-refractivity contribution in [3.63, 3.8) is 0 Å². The third kappa shape index (κ3) is 4.01. The number of piperazine rings is 1. The van der Waals surface area contributed by atoms with Gasteiger partial charge in [-0.1, -0.05) is 0 Å². The summed E-state index contributed by atoms with van der Waals surface area (Å²) in [4.78, 5) is 18.9. The zero-order valence-electron chi connectivity index (χ0n) is 16.1. The smallest absolute Gasteiger partial charge is 0.253 e. The maximum absolute atomic E-state index is 12.7. The molecule has 0 spiro atoms. The maximum Gasteiger partial charge on any atom is 0.253 e. The highest BCUT2D eigenvalue weighted by atomic mass is 16.5. The Bertz CT molecular complexity index is 782. The van der Waals surface area contributed by atoms with Gasteiger partial charge in [-0.05, 0) is 36.4 Å². The first-order valence-electron chi connectivity index (χ1n) is 9.59. The number of aromatic nitrogens is 2. The molecule has 1 aromatic carbocycles. The van der Waals surface area contributed by atoms with E-state index in [1.165, 1.54) is 0 Å². The molecule has 0 atom stereocenters. The average Bonchev–Trinajstić information content (AvgIpc) is 2.79. The summed E-state index contributed by atoms with van der Waals surface area (Å²) in [6, 6.07) is 11.3. The highest BCUT2D eigenvalue weighted by Gasteiger charge is 2.23. The van der Waals surface area contributed by atoms with E-state index in [2.05, 4.69) is 20.0 Å². The molecule has 2 aliphatic heterocycles. The van der Waals surface area contributed by atoms with E-state index < -0.39 is 0 Å². The molecule has 4 rings (SSSR count). The number of rotatable bonds is 4. The van der Waals surface area contributed by atoms with Gasteiger partial charge in [-0.2, -0.15) is 0 Å². The molecule has 8 nitrogen and oxygen atoms in total. The Morgan fingerprint density at radius 2 is 1.43 bits per heavy atom. The lowest BCUT2D eigenvalue weighted by atomic mass is 10.1. The Hall–Kier alpha value is -2.87. The van der Waals surface area contributed by atoms with Crippen LogP contribution in [0.5, 0.6) is 5.75 Å². The molecule has 28 heavy (non-hydrogen) atoms. The van der Waals surface area contributed by atoms with E-state index in [9.17, 15) is 4.79 Å². The highest BCUT2D eigenvalue weighted by Crippen LogP contribution is 2.19. The van der Waals surface area contributed by atoms with Crippen molar-refractivity contribution >= 4 is 17.5 Å². The van der Waals surface area contributed by atoms with Gasteiger partial charge < -0.3 is 24.2 Å². The molecule has 2 saturated heterocycles. The number of hydrogen-bond donors (Lipinski definition) is 0. The predicted octanol–water partition coefficient (Wildman–Crippen LogP) is 1.28. The number of amides is 1. The minimum atomic E-state index is 0.0519. The average molecular weight is 383 g/mol. The highest BCUT2D eigenvalue weighted by molar-refractivity contribution is 5.94. The fourth-order valence-corrected chi connectivity index (χ4v) is 3.50. The second kappa shape index (κ2) is 8.43. The minimum Gasteiger partial charge on any atom is -0.497 e. The van der Waals surface area contributed by atoms with Gasteiger partial charge in [0.2, 0.25) is 0 Å². The van der Waals surface area contributed by atoms with E-state index in [4.69, 9.17) is 9.47 Å². The molecule has 2 fully saturated rings. The Labute approximate surface area is 164 Å². The summed E-state index contributed by atoms with van der Waals surface area (Å²) in [7, 11) is 1.62. The van der Waals surface area contributed by atoms with Crippen molar-refractivity contribution in [2.75, 3.05) is 69.4 Å². The van der Waals surface area contributed by atoms with Crippen molar-refractivity contribution in [2.24, 2.45) is 0 Å². The molecule has 1 aromatic heterocycles. The zero-order valence-corrected chi connectivity index (χ0v) is 16.1. The van der Waals surface area contributed by atoms with E-state index in [0.717, 1.165) is 56.8 Å². The van der Waals surface area contributed by atoms with Crippen LogP contribution in [-0.2, 0) is 4.74 Å². The normalized spacial score (nSPS) is 17.5. The Balaban J connectivity index is 1.33. The number of anilines is 2. The molecule has 0 unspecified atom stereocenters. The third-order valence-electron chi connectivity index (χ3n) is 5.20. The minimum absolute atomic E-state index is 0.0519. The lowest BCUT2D eigenvalue weighted by Gasteiger charge is -2.35. The fraction of sp³-hybridized carbons (Fsp3) is 0.450. The molecular weight excluding hydrogens is 358 g/mol. The molecular formula is C20H25N5O3. The van der Waals surface area contributed by atoms with Crippen LogP contribution in [0.3, 0.4) is 0 Å². The van der Waals surface area contributed by atoms with Crippen molar-refractivity contribution in [3.05, 3.63) is 42.0 Å². The van der Waals surface area contributed by atoms with Gasteiger partial charge in [0, 0.05) is 44.8 Å². The molecule has 2 aliphatic rings. The van der Waals surface area contributed by atoms with Crippen LogP contribution in [0.4, 0.5) is 11.6 Å². The molecule has 0 N–H and O–H groups in total. The van der Waals surface area contributed by atoms with Gasteiger partial charge in [0.15, 0.2) is 11.6 Å². The van der Waals surface area contributed by atoms with E-state index in [1.807, 2.05) is 41.3 Å². The van der Waals surface area contributed by atoms with Crippen LogP contribution in [0.2, 0.25) is 0 Å². The molecule has 0 aliphatic carbocycles. The topological polar surface area (TPSA) is 71.0 Å². The Morgan fingerprint density at radius 3 is 1.96 bits per heavy atom. The van der Waals surface area contributed by atoms with Crippen LogP contribution >= 0.6 is 0 Å². The molecule has 3 heterocycles. The van der Waals surface area contributed by atoms with Crippen LogP contribution in [0.15, 0.2) is 36.4 Å². The first-order valence-corrected chi connectivity index (χ1v) is 9.59. The van der Waals surface area contributed by atoms with E-state index in [0.29, 0.717) is 18.7 Å². The second-order valence-electron chi connectivity index (χ2n) is 6.86. The summed E-state index contributed by atoms with van der Waals surface area (Å²) in [5.41, 5.74) is 0.684. The van der Waals surface area contributed by atoms with E-state index in [-0.39, 0.29) is 5.91 Å². The van der Waals surface area contributed by atoms with Gasteiger partial charge in [-0.15, -0.1) is 10.2 Å². The molecule has 8 heteroatoms. The quantitative estimate of drug-likeness (QED) is 0.788. The van der Waals surface area contributed by atoms with Gasteiger partial charge in [0.1, 0.15) is 5.75 Å². The summed E-state index contributed by atoms with van der Waals surface area (Å²) in [6.07, 6.45) is 0. The lowest BCUT2D eigenvalue weighted by molar-refractivity contribution is 0.0746. The Kier molecular flexibility index (Phi) is 5.57. The SMILES string of the molecule is COc1ccc(C(=O)N2CCN(c3ccc(N4CCOCC4)nn3)CC2)cc1. The van der Waals surface area contributed by atoms with Gasteiger partial charge in [-0.3, -0.25) is 4.79 Å². The van der Waals surface area contributed by atoms with Crippen molar-refractivity contribution in [1.29, 1.82) is 0 Å². The van der Waals surface area contributed by atoms with Crippen LogP contribution in [0.1, 0.15) is 10.4 Å². The van der Waals surface area contributed by atoms with Crippen molar-refractivity contribution in [3.8, 4) is 5.75 Å².